The van der Waals surface area contributed by atoms with Crippen LogP contribution in [-0.2, 0) is 11.2 Å². The molecule has 1 aliphatic rings. The number of nitrogens with two attached hydrogens (primary N) is 1. The lowest BCUT2D eigenvalue weighted by Gasteiger charge is -2.09. The molecule has 0 radical (unpaired) electrons. The zero-order valence-corrected chi connectivity index (χ0v) is 10.8. The zero-order valence-electron chi connectivity index (χ0n) is 10.8. The van der Waals surface area contributed by atoms with Crippen molar-refractivity contribution in [1.82, 2.24) is 0 Å². The first-order valence-electron chi connectivity index (χ1n) is 6.40. The standard InChI is InChI=1S/C16H16N2O/c1-10-4-2-5-11(8-10)9-13-12-6-3-7-14(17)15(12)18-16(13)19/h2-8,13H,9,17H2,1H3,(H,18,19). The second-order valence-electron chi connectivity index (χ2n) is 5.05. The summed E-state index contributed by atoms with van der Waals surface area (Å²) >= 11 is 0. The van der Waals surface area contributed by atoms with Gasteiger partial charge in [-0.2, -0.15) is 0 Å². The van der Waals surface area contributed by atoms with E-state index in [0.717, 1.165) is 11.3 Å². The third kappa shape index (κ3) is 2.08. The zero-order chi connectivity index (χ0) is 13.4. The van der Waals surface area contributed by atoms with Gasteiger partial charge in [0, 0.05) is 0 Å². The lowest BCUT2D eigenvalue weighted by molar-refractivity contribution is -0.117. The number of para-hydroxylation sites is 1. The van der Waals surface area contributed by atoms with Crippen molar-refractivity contribution in [2.75, 3.05) is 11.1 Å². The molecule has 0 aliphatic carbocycles. The Labute approximate surface area is 112 Å². The molecule has 1 amide bonds. The molecule has 3 rings (SSSR count). The minimum atomic E-state index is -0.139. The van der Waals surface area contributed by atoms with Gasteiger partial charge in [0.25, 0.3) is 0 Å². The molecule has 1 unspecified atom stereocenters. The number of fused-ring (bicyclic) bond motifs is 1. The van der Waals surface area contributed by atoms with Crippen molar-refractivity contribution < 1.29 is 4.79 Å². The third-order valence-electron chi connectivity index (χ3n) is 3.59. The van der Waals surface area contributed by atoms with E-state index in [1.807, 2.05) is 24.3 Å². The van der Waals surface area contributed by atoms with Crippen molar-refractivity contribution in [3.8, 4) is 0 Å². The van der Waals surface area contributed by atoms with E-state index < -0.39 is 0 Å². The topological polar surface area (TPSA) is 55.1 Å². The average Bonchev–Trinajstić information content (AvgIpc) is 2.69. The summed E-state index contributed by atoms with van der Waals surface area (Å²) in [6.07, 6.45) is 0.712. The summed E-state index contributed by atoms with van der Waals surface area (Å²) in [6, 6.07) is 14.0. The highest BCUT2D eigenvalue weighted by Crippen LogP contribution is 2.38. The van der Waals surface area contributed by atoms with E-state index in [4.69, 9.17) is 5.73 Å². The Morgan fingerprint density at radius 3 is 2.79 bits per heavy atom. The molecule has 0 saturated heterocycles. The molecule has 1 heterocycles. The molecule has 0 spiro atoms. The number of carbonyl (C=O) groups is 1. The fraction of sp³-hybridized carbons (Fsp3) is 0.188. The summed E-state index contributed by atoms with van der Waals surface area (Å²) < 4.78 is 0. The van der Waals surface area contributed by atoms with Crippen molar-refractivity contribution in [3.05, 3.63) is 59.2 Å². The molecular formula is C16H16N2O. The van der Waals surface area contributed by atoms with E-state index in [1.165, 1.54) is 11.1 Å². The van der Waals surface area contributed by atoms with E-state index in [0.29, 0.717) is 12.1 Å². The van der Waals surface area contributed by atoms with Crippen LogP contribution in [-0.4, -0.2) is 5.91 Å². The van der Waals surface area contributed by atoms with Crippen LogP contribution in [0.5, 0.6) is 0 Å². The van der Waals surface area contributed by atoms with Crippen molar-refractivity contribution in [2.45, 2.75) is 19.3 Å². The normalized spacial score (nSPS) is 17.1. The van der Waals surface area contributed by atoms with Gasteiger partial charge in [0.15, 0.2) is 0 Å². The van der Waals surface area contributed by atoms with Crippen LogP contribution in [0.2, 0.25) is 0 Å². The molecule has 1 aliphatic heterocycles. The van der Waals surface area contributed by atoms with Crippen LogP contribution in [0.15, 0.2) is 42.5 Å². The first kappa shape index (κ1) is 11.8. The molecule has 96 valence electrons. The summed E-state index contributed by atoms with van der Waals surface area (Å²) in [5.74, 6) is -0.102. The van der Waals surface area contributed by atoms with Gasteiger partial charge in [-0.05, 0) is 30.5 Å². The van der Waals surface area contributed by atoms with Crippen LogP contribution < -0.4 is 11.1 Å². The number of hydrogen-bond donors (Lipinski definition) is 2. The molecule has 2 aromatic rings. The monoisotopic (exact) mass is 252 g/mol. The number of rotatable bonds is 2. The predicted molar refractivity (Wildman–Crippen MR) is 77.1 cm³/mol. The van der Waals surface area contributed by atoms with Crippen LogP contribution >= 0.6 is 0 Å². The van der Waals surface area contributed by atoms with Gasteiger partial charge < -0.3 is 11.1 Å². The first-order chi connectivity index (χ1) is 9.15. The van der Waals surface area contributed by atoms with Crippen LogP contribution in [0.1, 0.15) is 22.6 Å². The maximum Gasteiger partial charge on any atom is 0.232 e. The first-order valence-corrected chi connectivity index (χ1v) is 6.40. The summed E-state index contributed by atoms with van der Waals surface area (Å²) in [4.78, 5) is 12.1. The average molecular weight is 252 g/mol. The molecular weight excluding hydrogens is 236 g/mol. The van der Waals surface area contributed by atoms with Gasteiger partial charge in [-0.15, -0.1) is 0 Å². The highest BCUT2D eigenvalue weighted by molar-refractivity contribution is 6.05. The van der Waals surface area contributed by atoms with Gasteiger partial charge in [-0.1, -0.05) is 42.0 Å². The van der Waals surface area contributed by atoms with Crippen LogP contribution in [0, 0.1) is 6.92 Å². The fourth-order valence-electron chi connectivity index (χ4n) is 2.65. The molecule has 2 aromatic carbocycles. The number of benzene rings is 2. The predicted octanol–water partition coefficient (Wildman–Crippen LogP) is 2.86. The number of hydrogen-bond acceptors (Lipinski definition) is 2. The second-order valence-corrected chi connectivity index (χ2v) is 5.05. The molecule has 3 N–H and O–H groups in total. The number of amides is 1. The van der Waals surface area contributed by atoms with Crippen molar-refractivity contribution in [1.29, 1.82) is 0 Å². The van der Waals surface area contributed by atoms with Crippen molar-refractivity contribution in [3.63, 3.8) is 0 Å². The van der Waals surface area contributed by atoms with Gasteiger partial charge in [-0.25, -0.2) is 0 Å². The Morgan fingerprint density at radius 1 is 1.21 bits per heavy atom. The molecule has 0 saturated carbocycles. The maximum atomic E-state index is 12.1. The quantitative estimate of drug-likeness (QED) is 0.807. The third-order valence-corrected chi connectivity index (χ3v) is 3.59. The van der Waals surface area contributed by atoms with E-state index in [-0.39, 0.29) is 11.8 Å². The smallest absolute Gasteiger partial charge is 0.232 e. The van der Waals surface area contributed by atoms with Gasteiger partial charge in [0.05, 0.1) is 17.3 Å². The van der Waals surface area contributed by atoms with Crippen LogP contribution in [0.3, 0.4) is 0 Å². The van der Waals surface area contributed by atoms with Gasteiger partial charge in [0.1, 0.15) is 0 Å². The van der Waals surface area contributed by atoms with Gasteiger partial charge in [0.2, 0.25) is 5.91 Å². The van der Waals surface area contributed by atoms with Crippen molar-refractivity contribution >= 4 is 17.3 Å². The minimum absolute atomic E-state index is 0.0365. The summed E-state index contributed by atoms with van der Waals surface area (Å²) in [5, 5.41) is 2.89. The van der Waals surface area contributed by atoms with Crippen LogP contribution in [0.25, 0.3) is 0 Å². The molecule has 0 aromatic heterocycles. The Morgan fingerprint density at radius 2 is 2.00 bits per heavy atom. The fourth-order valence-corrected chi connectivity index (χ4v) is 2.65. The Kier molecular flexibility index (Phi) is 2.75. The molecule has 19 heavy (non-hydrogen) atoms. The minimum Gasteiger partial charge on any atom is -0.397 e. The van der Waals surface area contributed by atoms with E-state index in [2.05, 4.69) is 30.4 Å². The lowest BCUT2D eigenvalue weighted by Crippen LogP contribution is -2.14. The second kappa shape index (κ2) is 4.43. The highest BCUT2D eigenvalue weighted by Gasteiger charge is 2.31. The SMILES string of the molecule is Cc1cccc(CC2C(=O)Nc3c(N)cccc32)c1. The summed E-state index contributed by atoms with van der Waals surface area (Å²) in [6.45, 7) is 2.06. The number of aryl methyl sites for hydroxylation is 1. The van der Waals surface area contributed by atoms with E-state index >= 15 is 0 Å². The lowest BCUT2D eigenvalue weighted by atomic mass is 9.92. The number of nitrogens with one attached hydrogen (secondary N) is 1. The van der Waals surface area contributed by atoms with Crippen LogP contribution in [0.4, 0.5) is 11.4 Å². The van der Waals surface area contributed by atoms with Gasteiger partial charge >= 0.3 is 0 Å². The molecule has 1 atom stereocenters. The Hall–Kier alpha value is -2.29. The van der Waals surface area contributed by atoms with Gasteiger partial charge in [-0.3, -0.25) is 4.79 Å². The molecule has 3 heteroatoms. The highest BCUT2D eigenvalue weighted by atomic mass is 16.2. The number of anilines is 2. The number of carbonyl (C=O) groups excluding carboxylic acids is 1. The van der Waals surface area contributed by atoms with E-state index in [1.54, 1.807) is 0 Å². The number of nitrogen functional groups attached to an aromatic ring is 1. The molecule has 0 bridgehead atoms. The van der Waals surface area contributed by atoms with Crippen molar-refractivity contribution in [2.24, 2.45) is 0 Å². The summed E-state index contributed by atoms with van der Waals surface area (Å²) in [5.41, 5.74) is 10.7. The molecule has 0 fully saturated rings. The molecule has 3 nitrogen and oxygen atoms in total. The maximum absolute atomic E-state index is 12.1. The van der Waals surface area contributed by atoms with E-state index in [9.17, 15) is 4.79 Å². The Bertz CT molecular complexity index is 649. The largest absolute Gasteiger partial charge is 0.397 e. The Balaban J connectivity index is 1.95. The summed E-state index contributed by atoms with van der Waals surface area (Å²) in [7, 11) is 0.